The summed E-state index contributed by atoms with van der Waals surface area (Å²) in [5, 5.41) is 3.79. The topological polar surface area (TPSA) is 15.6 Å². The van der Waals surface area contributed by atoms with Gasteiger partial charge in [-0.05, 0) is 28.8 Å². The number of aliphatic imine (C=N–C) groups is 1. The molecule has 4 rings (SSSR count). The van der Waals surface area contributed by atoms with Crippen LogP contribution in [0.1, 0.15) is 18.9 Å². The number of nitrogens with zero attached hydrogens (tertiary/aromatic N) is 2. The number of amidine groups is 1. The van der Waals surface area contributed by atoms with Gasteiger partial charge < -0.3 is 4.90 Å². The molecule has 0 N–H and O–H groups in total. The van der Waals surface area contributed by atoms with Crippen LogP contribution in [-0.4, -0.2) is 23.2 Å². The van der Waals surface area contributed by atoms with Crippen molar-refractivity contribution in [3.05, 3.63) is 52.9 Å². The average molecular weight is 280 g/mol. The molecule has 2 heterocycles. The second kappa shape index (κ2) is 4.67. The van der Waals surface area contributed by atoms with E-state index in [-0.39, 0.29) is 0 Å². The van der Waals surface area contributed by atoms with E-state index < -0.39 is 0 Å². The Labute approximate surface area is 123 Å². The maximum Gasteiger partial charge on any atom is 0.168 e. The zero-order valence-electron chi connectivity index (χ0n) is 11.5. The zero-order chi connectivity index (χ0) is 13.5. The number of benzene rings is 2. The molecule has 0 amide bonds. The van der Waals surface area contributed by atoms with Crippen LogP contribution in [0.25, 0.3) is 16.5 Å². The van der Waals surface area contributed by atoms with Crippen molar-refractivity contribution in [3.8, 4) is 0 Å². The van der Waals surface area contributed by atoms with Crippen LogP contribution in [-0.2, 0) is 0 Å². The lowest BCUT2D eigenvalue weighted by molar-refractivity contribution is 0.647. The van der Waals surface area contributed by atoms with Crippen LogP contribution in [0.2, 0.25) is 0 Å². The molecule has 0 radical (unpaired) electrons. The van der Waals surface area contributed by atoms with Gasteiger partial charge in [-0.1, -0.05) is 55.1 Å². The second-order valence-electron chi connectivity index (χ2n) is 5.11. The number of hydrogen-bond donors (Lipinski definition) is 0. The Morgan fingerprint density at radius 1 is 1.15 bits per heavy atom. The van der Waals surface area contributed by atoms with Gasteiger partial charge in [0.05, 0.1) is 12.2 Å². The van der Waals surface area contributed by atoms with Crippen molar-refractivity contribution in [3.63, 3.8) is 0 Å². The first kappa shape index (κ1) is 12.0. The number of thioether (sulfide) groups is 1. The lowest BCUT2D eigenvalue weighted by Gasteiger charge is -2.17. The molecule has 20 heavy (non-hydrogen) atoms. The Bertz CT molecular complexity index is 745. The van der Waals surface area contributed by atoms with E-state index in [0.717, 1.165) is 19.5 Å². The summed E-state index contributed by atoms with van der Waals surface area (Å²) in [4.78, 5) is 8.42. The van der Waals surface area contributed by atoms with Crippen LogP contribution >= 0.6 is 11.8 Å². The maximum absolute atomic E-state index is 4.60. The van der Waals surface area contributed by atoms with E-state index in [1.807, 2.05) is 11.8 Å². The van der Waals surface area contributed by atoms with E-state index in [9.17, 15) is 0 Å². The molecule has 2 aromatic rings. The van der Waals surface area contributed by atoms with E-state index >= 15 is 0 Å². The van der Waals surface area contributed by atoms with Crippen molar-refractivity contribution in [2.45, 2.75) is 13.3 Å². The van der Waals surface area contributed by atoms with Crippen LogP contribution in [0.5, 0.6) is 0 Å². The quantitative estimate of drug-likeness (QED) is 0.813. The Morgan fingerprint density at radius 2 is 2.00 bits per heavy atom. The van der Waals surface area contributed by atoms with Crippen LogP contribution in [0.4, 0.5) is 0 Å². The van der Waals surface area contributed by atoms with Crippen molar-refractivity contribution in [1.29, 1.82) is 0 Å². The number of hydrogen-bond acceptors (Lipinski definition) is 3. The molecule has 0 atom stereocenters. The van der Waals surface area contributed by atoms with Crippen LogP contribution in [0.3, 0.4) is 0 Å². The predicted octanol–water partition coefficient (Wildman–Crippen LogP) is 4.34. The van der Waals surface area contributed by atoms with E-state index in [1.165, 1.54) is 32.1 Å². The van der Waals surface area contributed by atoms with E-state index in [0.29, 0.717) is 0 Å². The van der Waals surface area contributed by atoms with Gasteiger partial charge in [0.1, 0.15) is 0 Å². The molecule has 0 saturated carbocycles. The molecule has 3 heteroatoms. The Balaban J connectivity index is 1.86. The van der Waals surface area contributed by atoms with Crippen molar-refractivity contribution in [1.82, 2.24) is 4.90 Å². The highest BCUT2D eigenvalue weighted by atomic mass is 32.2. The summed E-state index contributed by atoms with van der Waals surface area (Å²) in [6.45, 7) is 4.18. The van der Waals surface area contributed by atoms with Gasteiger partial charge in [-0.2, -0.15) is 0 Å². The van der Waals surface area contributed by atoms with Crippen molar-refractivity contribution >= 4 is 33.4 Å². The van der Waals surface area contributed by atoms with Gasteiger partial charge in [0, 0.05) is 11.4 Å². The summed E-state index contributed by atoms with van der Waals surface area (Å²) >= 11 is 1.85. The maximum atomic E-state index is 4.60. The molecular weight excluding hydrogens is 264 g/mol. The minimum atomic E-state index is 0.927. The van der Waals surface area contributed by atoms with E-state index in [1.54, 1.807) is 0 Å². The fourth-order valence-corrected chi connectivity index (χ4v) is 4.06. The first-order valence-electron chi connectivity index (χ1n) is 7.09. The fourth-order valence-electron chi connectivity index (χ4n) is 2.92. The summed E-state index contributed by atoms with van der Waals surface area (Å²) in [6.07, 6.45) is 1.07. The van der Waals surface area contributed by atoms with Crippen LogP contribution in [0, 0.1) is 0 Å². The monoisotopic (exact) mass is 280 g/mol. The smallest absolute Gasteiger partial charge is 0.168 e. The highest BCUT2D eigenvalue weighted by Gasteiger charge is 2.31. The van der Waals surface area contributed by atoms with E-state index in [4.69, 9.17) is 0 Å². The third-order valence-corrected chi connectivity index (χ3v) is 5.15. The van der Waals surface area contributed by atoms with Crippen molar-refractivity contribution < 1.29 is 0 Å². The summed E-state index contributed by atoms with van der Waals surface area (Å²) in [6, 6.07) is 15.3. The lowest BCUT2D eigenvalue weighted by Crippen LogP contribution is -2.19. The Hall–Kier alpha value is -1.74. The molecule has 100 valence electrons. The third kappa shape index (κ3) is 1.77. The standard InChI is InChI=1S/C17H16N2S/c1-2-15-16(19-10-9-18-17(19)20-15)14-8-7-12-5-3-4-6-13(12)11-14/h3-8,11H,2,9-10H2,1H3. The highest BCUT2D eigenvalue weighted by molar-refractivity contribution is 8.17. The summed E-state index contributed by atoms with van der Waals surface area (Å²) in [5.41, 5.74) is 2.69. The van der Waals surface area contributed by atoms with E-state index in [2.05, 4.69) is 59.3 Å². The highest BCUT2D eigenvalue weighted by Crippen LogP contribution is 2.43. The minimum Gasteiger partial charge on any atom is -0.318 e. The molecule has 2 aliphatic heterocycles. The summed E-state index contributed by atoms with van der Waals surface area (Å²) in [5.74, 6) is 0. The normalized spacial score (nSPS) is 17.9. The molecule has 2 aliphatic rings. The molecule has 0 saturated heterocycles. The SMILES string of the molecule is CCC1=C(c2ccc3ccccc3c2)N2CCN=C2S1. The first-order valence-corrected chi connectivity index (χ1v) is 7.90. The molecule has 0 unspecified atom stereocenters. The molecule has 0 aliphatic carbocycles. The lowest BCUT2D eigenvalue weighted by atomic mass is 10.0. The predicted molar refractivity (Wildman–Crippen MR) is 87.8 cm³/mol. The van der Waals surface area contributed by atoms with Gasteiger partial charge in [0.25, 0.3) is 0 Å². The minimum absolute atomic E-state index is 0.927. The summed E-state index contributed by atoms with van der Waals surface area (Å²) < 4.78 is 0. The first-order chi connectivity index (χ1) is 9.86. The number of allylic oxidation sites excluding steroid dienone is 1. The van der Waals surface area contributed by atoms with Crippen molar-refractivity contribution in [2.75, 3.05) is 13.1 Å². The largest absolute Gasteiger partial charge is 0.318 e. The van der Waals surface area contributed by atoms with Gasteiger partial charge in [-0.15, -0.1) is 0 Å². The average Bonchev–Trinajstić information content (AvgIpc) is 3.06. The Kier molecular flexibility index (Phi) is 2.81. The molecular formula is C17H16N2S. The molecule has 2 aromatic carbocycles. The van der Waals surface area contributed by atoms with Gasteiger partial charge >= 0.3 is 0 Å². The second-order valence-corrected chi connectivity index (χ2v) is 6.17. The zero-order valence-corrected chi connectivity index (χ0v) is 12.3. The number of rotatable bonds is 2. The molecule has 0 aromatic heterocycles. The van der Waals surface area contributed by atoms with Gasteiger partial charge in [0.2, 0.25) is 0 Å². The summed E-state index contributed by atoms with van der Waals surface area (Å²) in [7, 11) is 0. The van der Waals surface area contributed by atoms with Crippen LogP contribution in [0.15, 0.2) is 52.4 Å². The molecule has 0 spiro atoms. The van der Waals surface area contributed by atoms with Crippen molar-refractivity contribution in [2.24, 2.45) is 4.99 Å². The van der Waals surface area contributed by atoms with Crippen LogP contribution < -0.4 is 0 Å². The number of fused-ring (bicyclic) bond motifs is 2. The van der Waals surface area contributed by atoms with Gasteiger partial charge in [0.15, 0.2) is 5.17 Å². The third-order valence-electron chi connectivity index (χ3n) is 3.89. The molecule has 2 nitrogen and oxygen atoms in total. The fraction of sp³-hybridized carbons (Fsp3) is 0.235. The van der Waals surface area contributed by atoms with Gasteiger partial charge in [-0.3, -0.25) is 4.99 Å². The molecule has 0 bridgehead atoms. The Morgan fingerprint density at radius 3 is 2.85 bits per heavy atom. The molecule has 0 fully saturated rings. The van der Waals surface area contributed by atoms with Gasteiger partial charge in [-0.25, -0.2) is 0 Å².